The highest BCUT2D eigenvalue weighted by molar-refractivity contribution is 6.30. The molecule has 1 aliphatic heterocycles. The van der Waals surface area contributed by atoms with Crippen LogP contribution >= 0.6 is 11.6 Å². The summed E-state index contributed by atoms with van der Waals surface area (Å²) in [6.45, 7) is 1.52. The van der Waals surface area contributed by atoms with E-state index in [1.807, 2.05) is 0 Å². The number of benzene rings is 1. The van der Waals surface area contributed by atoms with E-state index < -0.39 is 0 Å². The number of nitrogens with zero attached hydrogens (tertiary/aromatic N) is 5. The molecule has 0 amide bonds. The molecule has 1 saturated heterocycles. The fraction of sp³-hybridized carbons (Fsp3) is 0.333. The van der Waals surface area contributed by atoms with Gasteiger partial charge in [0.05, 0.1) is 23.5 Å². The number of fused-ring (bicyclic) bond motifs is 1. The van der Waals surface area contributed by atoms with Crippen molar-refractivity contribution in [3.63, 3.8) is 0 Å². The molecule has 2 aromatic heterocycles. The van der Waals surface area contributed by atoms with Gasteiger partial charge in [-0.2, -0.15) is 0 Å². The minimum Gasteiger partial charge on any atom is -0.390 e. The van der Waals surface area contributed by atoms with Crippen LogP contribution < -0.4 is 10.6 Å². The highest BCUT2D eigenvalue weighted by Crippen LogP contribution is 2.50. The zero-order chi connectivity index (χ0) is 22.1. The van der Waals surface area contributed by atoms with E-state index >= 15 is 0 Å². The Balaban J connectivity index is 1.30. The summed E-state index contributed by atoms with van der Waals surface area (Å²) >= 11 is 5.82. The van der Waals surface area contributed by atoms with Gasteiger partial charge in [-0.25, -0.2) is 19.9 Å². The lowest BCUT2D eigenvalue weighted by Crippen LogP contribution is -2.45. The maximum atomic E-state index is 9.94. The van der Waals surface area contributed by atoms with Gasteiger partial charge in [0.15, 0.2) is 11.6 Å². The van der Waals surface area contributed by atoms with Crippen LogP contribution in [0, 0.1) is 5.41 Å². The van der Waals surface area contributed by atoms with Crippen LogP contribution in [-0.2, 0) is 13.0 Å². The largest absolute Gasteiger partial charge is 0.390 e. The molecule has 2 aliphatic rings. The number of hydrogen-bond donors (Lipinski definition) is 2. The molecule has 0 bridgehead atoms. The Bertz CT molecular complexity index is 1140. The van der Waals surface area contributed by atoms with Crippen LogP contribution in [0.1, 0.15) is 47.2 Å². The van der Waals surface area contributed by atoms with E-state index in [-0.39, 0.29) is 18.1 Å². The second-order valence-corrected chi connectivity index (χ2v) is 8.96. The Labute approximate surface area is 192 Å². The van der Waals surface area contributed by atoms with E-state index in [0.717, 1.165) is 38.2 Å². The number of aliphatic hydroxyl groups excluding tert-OH is 1. The fourth-order valence-electron chi connectivity index (χ4n) is 4.92. The van der Waals surface area contributed by atoms with E-state index in [2.05, 4.69) is 49.1 Å². The Morgan fingerprint density at radius 3 is 2.56 bits per heavy atom. The molecule has 32 heavy (non-hydrogen) atoms. The van der Waals surface area contributed by atoms with E-state index in [4.69, 9.17) is 17.3 Å². The first-order chi connectivity index (χ1) is 15.6. The molecular formula is C24H25ClN6O. The summed E-state index contributed by atoms with van der Waals surface area (Å²) in [6, 6.07) is 8.61. The SMILES string of the molecule is N[C@@H]1c2ccccc2CC12CCN(c1ncc(/C=C\c3ncc(Cl)cn3)nc1CO)CC2. The molecule has 1 aliphatic carbocycles. The second-order valence-electron chi connectivity index (χ2n) is 8.52. The monoisotopic (exact) mass is 448 g/mol. The predicted octanol–water partition coefficient (Wildman–Crippen LogP) is 3.43. The number of aliphatic hydroxyl groups is 1. The molecule has 0 saturated carbocycles. The zero-order valence-electron chi connectivity index (χ0n) is 17.7. The molecule has 1 spiro atoms. The first kappa shape index (κ1) is 21.0. The summed E-state index contributed by atoms with van der Waals surface area (Å²) in [6.07, 6.45) is 11.3. The number of rotatable bonds is 4. The van der Waals surface area contributed by atoms with Crippen LogP contribution in [0.2, 0.25) is 5.02 Å². The van der Waals surface area contributed by atoms with Crippen molar-refractivity contribution in [3.05, 3.63) is 76.2 Å². The summed E-state index contributed by atoms with van der Waals surface area (Å²) in [5.41, 5.74) is 10.7. The van der Waals surface area contributed by atoms with Gasteiger partial charge in [-0.15, -0.1) is 0 Å². The predicted molar refractivity (Wildman–Crippen MR) is 125 cm³/mol. The second kappa shape index (κ2) is 8.58. The van der Waals surface area contributed by atoms with Gasteiger partial charge in [0.1, 0.15) is 5.69 Å². The van der Waals surface area contributed by atoms with Crippen molar-refractivity contribution in [3.8, 4) is 0 Å². The zero-order valence-corrected chi connectivity index (χ0v) is 18.4. The number of anilines is 1. The van der Waals surface area contributed by atoms with Crippen LogP contribution in [0.4, 0.5) is 5.82 Å². The molecule has 8 heteroatoms. The Kier molecular flexibility index (Phi) is 5.63. The van der Waals surface area contributed by atoms with E-state index in [1.54, 1.807) is 30.7 Å². The molecule has 0 unspecified atom stereocenters. The van der Waals surface area contributed by atoms with E-state index in [1.165, 1.54) is 11.1 Å². The van der Waals surface area contributed by atoms with Crippen molar-refractivity contribution in [2.24, 2.45) is 11.1 Å². The summed E-state index contributed by atoms with van der Waals surface area (Å²) in [5.74, 6) is 1.27. The maximum Gasteiger partial charge on any atom is 0.152 e. The number of halogens is 1. The van der Waals surface area contributed by atoms with E-state index in [9.17, 15) is 5.11 Å². The topological polar surface area (TPSA) is 101 Å². The average Bonchev–Trinajstić information content (AvgIpc) is 3.10. The minimum absolute atomic E-state index is 0.0758. The molecule has 1 aromatic carbocycles. The van der Waals surface area contributed by atoms with Crippen molar-refractivity contribution >= 4 is 29.6 Å². The van der Waals surface area contributed by atoms with Crippen LogP contribution in [0.25, 0.3) is 12.2 Å². The highest BCUT2D eigenvalue weighted by Gasteiger charge is 2.46. The Hall–Kier alpha value is -2.87. The Morgan fingerprint density at radius 1 is 1.09 bits per heavy atom. The summed E-state index contributed by atoms with van der Waals surface area (Å²) in [4.78, 5) is 19.7. The number of piperidine rings is 1. The lowest BCUT2D eigenvalue weighted by molar-refractivity contribution is 0.186. The molecule has 1 atom stereocenters. The van der Waals surface area contributed by atoms with Gasteiger partial charge >= 0.3 is 0 Å². The fourth-order valence-corrected chi connectivity index (χ4v) is 5.02. The molecule has 3 heterocycles. The van der Waals surface area contributed by atoms with E-state index in [0.29, 0.717) is 22.2 Å². The Morgan fingerprint density at radius 2 is 1.84 bits per heavy atom. The molecule has 7 nitrogen and oxygen atoms in total. The maximum absolute atomic E-state index is 9.94. The van der Waals surface area contributed by atoms with Crippen molar-refractivity contribution in [2.45, 2.75) is 31.9 Å². The van der Waals surface area contributed by atoms with Crippen LogP contribution in [0.15, 0.2) is 42.9 Å². The lowest BCUT2D eigenvalue weighted by atomic mass is 9.73. The van der Waals surface area contributed by atoms with Crippen molar-refractivity contribution in [2.75, 3.05) is 18.0 Å². The van der Waals surface area contributed by atoms with Gasteiger partial charge < -0.3 is 15.7 Å². The summed E-state index contributed by atoms with van der Waals surface area (Å²) < 4.78 is 0. The van der Waals surface area contributed by atoms with Crippen molar-refractivity contribution in [1.82, 2.24) is 19.9 Å². The summed E-state index contributed by atoms with van der Waals surface area (Å²) in [7, 11) is 0. The third kappa shape index (κ3) is 3.88. The molecule has 0 radical (unpaired) electrons. The summed E-state index contributed by atoms with van der Waals surface area (Å²) in [5, 5.41) is 10.4. The third-order valence-electron chi connectivity index (χ3n) is 6.69. The molecule has 3 aromatic rings. The highest BCUT2D eigenvalue weighted by atomic mass is 35.5. The number of nitrogens with two attached hydrogens (primary N) is 1. The molecule has 5 rings (SSSR count). The molecule has 3 N–H and O–H groups in total. The first-order valence-electron chi connectivity index (χ1n) is 10.8. The van der Waals surface area contributed by atoms with Gasteiger partial charge in [-0.3, -0.25) is 0 Å². The molecular weight excluding hydrogens is 424 g/mol. The standard InChI is InChI=1S/C24H25ClN6O/c25-17-12-27-21(28-13-17)6-5-18-14-29-23(20(15-32)30-18)31-9-7-24(8-10-31)11-16-3-1-2-4-19(16)22(24)26/h1-6,12-14,22,32H,7-11,15,26H2/b6-5-/t22-/m1/s1. The van der Waals surface area contributed by atoms with Crippen LogP contribution in [-0.4, -0.2) is 38.1 Å². The molecule has 164 valence electrons. The quantitative estimate of drug-likeness (QED) is 0.630. The van der Waals surface area contributed by atoms with Gasteiger partial charge in [0, 0.05) is 31.5 Å². The third-order valence-corrected chi connectivity index (χ3v) is 6.88. The van der Waals surface area contributed by atoms with Gasteiger partial charge in [0.2, 0.25) is 0 Å². The lowest BCUT2D eigenvalue weighted by Gasteiger charge is -2.42. The first-order valence-corrected chi connectivity index (χ1v) is 11.2. The number of hydrogen-bond acceptors (Lipinski definition) is 7. The normalized spacial score (nSPS) is 19.6. The average molecular weight is 449 g/mol. The van der Waals surface area contributed by atoms with Crippen molar-refractivity contribution < 1.29 is 5.11 Å². The number of aromatic nitrogens is 4. The van der Waals surface area contributed by atoms with Gasteiger partial charge in [-0.05, 0) is 48.0 Å². The van der Waals surface area contributed by atoms with Crippen molar-refractivity contribution in [1.29, 1.82) is 0 Å². The minimum atomic E-state index is -0.173. The van der Waals surface area contributed by atoms with Crippen LogP contribution in [0.5, 0.6) is 0 Å². The van der Waals surface area contributed by atoms with Gasteiger partial charge in [0.25, 0.3) is 0 Å². The smallest absolute Gasteiger partial charge is 0.152 e. The molecule has 1 fully saturated rings. The van der Waals surface area contributed by atoms with Gasteiger partial charge in [-0.1, -0.05) is 35.9 Å². The van der Waals surface area contributed by atoms with Crippen LogP contribution in [0.3, 0.4) is 0 Å².